The molecule has 0 saturated carbocycles. The fraction of sp³-hybridized carbons (Fsp3) is 0.450. The Hall–Kier alpha value is -2.05. The third kappa shape index (κ3) is 4.03. The molecule has 6 nitrogen and oxygen atoms in total. The smallest absolute Gasteiger partial charge is 0.326 e. The third-order valence-electron chi connectivity index (χ3n) is 4.67. The number of rotatable bonds is 3. The average Bonchev–Trinajstić information content (AvgIpc) is 2.86. The molecular formula is C20H22Cl2N2O4. The van der Waals surface area contributed by atoms with Crippen LogP contribution in [0, 0.1) is 0 Å². The van der Waals surface area contributed by atoms with E-state index in [0.717, 1.165) is 0 Å². The molecule has 8 heteroatoms. The fourth-order valence-corrected chi connectivity index (χ4v) is 3.99. The van der Waals surface area contributed by atoms with Crippen molar-refractivity contribution in [1.82, 2.24) is 9.80 Å². The molecule has 0 aromatic heterocycles. The van der Waals surface area contributed by atoms with Crippen LogP contribution in [-0.2, 0) is 19.1 Å². The highest BCUT2D eigenvalue weighted by atomic mass is 35.5. The van der Waals surface area contributed by atoms with Crippen LogP contribution in [0.3, 0.4) is 0 Å². The number of nitrogens with zero attached hydrogens (tertiary/aromatic N) is 2. The second-order valence-electron chi connectivity index (χ2n) is 8.01. The molecule has 1 aromatic carbocycles. The highest BCUT2D eigenvalue weighted by Gasteiger charge is 2.44. The van der Waals surface area contributed by atoms with Crippen LogP contribution >= 0.6 is 23.2 Å². The van der Waals surface area contributed by atoms with Gasteiger partial charge >= 0.3 is 5.97 Å². The van der Waals surface area contributed by atoms with Crippen molar-refractivity contribution in [2.24, 2.45) is 0 Å². The molecule has 0 fully saturated rings. The average molecular weight is 425 g/mol. The predicted molar refractivity (Wildman–Crippen MR) is 106 cm³/mol. The lowest BCUT2D eigenvalue weighted by Crippen LogP contribution is -2.42. The van der Waals surface area contributed by atoms with Crippen molar-refractivity contribution in [3.05, 3.63) is 45.1 Å². The quantitative estimate of drug-likeness (QED) is 0.697. The van der Waals surface area contributed by atoms with E-state index in [1.54, 1.807) is 46.0 Å². The first kappa shape index (κ1) is 20.7. The van der Waals surface area contributed by atoms with E-state index in [-0.39, 0.29) is 31.3 Å². The molecule has 28 heavy (non-hydrogen) atoms. The van der Waals surface area contributed by atoms with Crippen LogP contribution in [-0.4, -0.2) is 53.3 Å². The largest absolute Gasteiger partial charge is 0.459 e. The van der Waals surface area contributed by atoms with Gasteiger partial charge in [0.25, 0.3) is 5.91 Å². The second-order valence-corrected chi connectivity index (χ2v) is 8.85. The standard InChI is InChI=1S/C20H22Cl2N2O4/c1-20(2,3)28-17(26)10-24-15-9-23(4)19(27)18(15)13(8-16(24)25)12-7-11(21)5-6-14(12)22/h5-7,13H,8-10H2,1-4H3. The first-order valence-corrected chi connectivity index (χ1v) is 9.69. The Bertz CT molecular complexity index is 889. The van der Waals surface area contributed by atoms with E-state index in [1.165, 1.54) is 9.80 Å². The summed E-state index contributed by atoms with van der Waals surface area (Å²) in [5.41, 5.74) is 0.979. The molecule has 150 valence electrons. The van der Waals surface area contributed by atoms with Crippen molar-refractivity contribution in [2.45, 2.75) is 38.7 Å². The summed E-state index contributed by atoms with van der Waals surface area (Å²) in [6, 6.07) is 4.99. The molecule has 2 heterocycles. The zero-order valence-corrected chi connectivity index (χ0v) is 17.7. The maximum Gasteiger partial charge on any atom is 0.326 e. The van der Waals surface area contributed by atoms with Crippen molar-refractivity contribution in [3.8, 4) is 0 Å². The van der Waals surface area contributed by atoms with E-state index >= 15 is 0 Å². The lowest BCUT2D eigenvalue weighted by Gasteiger charge is -2.33. The van der Waals surface area contributed by atoms with Crippen molar-refractivity contribution in [1.29, 1.82) is 0 Å². The Morgan fingerprint density at radius 1 is 1.25 bits per heavy atom. The van der Waals surface area contributed by atoms with Crippen LogP contribution in [0.2, 0.25) is 10.0 Å². The van der Waals surface area contributed by atoms with Gasteiger partial charge in [0.1, 0.15) is 12.1 Å². The molecule has 2 aliphatic rings. The number of carbonyl (C=O) groups excluding carboxylic acids is 3. The normalized spacial score (nSPS) is 20.0. The van der Waals surface area contributed by atoms with Gasteiger partial charge in [-0.1, -0.05) is 23.2 Å². The Kier molecular flexibility index (Phi) is 5.47. The summed E-state index contributed by atoms with van der Waals surface area (Å²) < 4.78 is 5.34. The number of benzene rings is 1. The molecule has 0 bridgehead atoms. The summed E-state index contributed by atoms with van der Waals surface area (Å²) in [4.78, 5) is 40.9. The van der Waals surface area contributed by atoms with Gasteiger partial charge in [0.15, 0.2) is 0 Å². The number of amides is 2. The molecule has 0 spiro atoms. The molecule has 3 rings (SSSR count). The topological polar surface area (TPSA) is 66.9 Å². The Labute approximate surface area is 174 Å². The minimum Gasteiger partial charge on any atom is -0.459 e. The van der Waals surface area contributed by atoms with Crippen molar-refractivity contribution in [3.63, 3.8) is 0 Å². The number of likely N-dealkylation sites (N-methyl/N-ethyl adjacent to an activating group) is 1. The minimum absolute atomic E-state index is 0.0290. The zero-order chi connectivity index (χ0) is 20.8. The molecule has 1 aromatic rings. The molecule has 2 amide bonds. The van der Waals surface area contributed by atoms with E-state index in [4.69, 9.17) is 27.9 Å². The Balaban J connectivity index is 2.00. The van der Waals surface area contributed by atoms with Gasteiger partial charge in [-0.05, 0) is 44.5 Å². The summed E-state index contributed by atoms with van der Waals surface area (Å²) in [7, 11) is 1.66. The molecule has 0 aliphatic carbocycles. The Morgan fingerprint density at radius 3 is 2.57 bits per heavy atom. The van der Waals surface area contributed by atoms with Gasteiger partial charge in [-0.15, -0.1) is 0 Å². The number of halogens is 2. The lowest BCUT2D eigenvalue weighted by atomic mass is 9.84. The number of ether oxygens (including phenoxy) is 1. The molecule has 1 unspecified atom stereocenters. The van der Waals surface area contributed by atoms with Crippen LogP contribution in [0.25, 0.3) is 0 Å². The number of hydrogen-bond donors (Lipinski definition) is 0. The number of carbonyl (C=O) groups is 3. The highest BCUT2D eigenvalue weighted by Crippen LogP contribution is 2.43. The van der Waals surface area contributed by atoms with Gasteiger partial charge in [0.2, 0.25) is 5.91 Å². The maximum atomic E-state index is 12.9. The van der Waals surface area contributed by atoms with E-state index in [1.807, 2.05) is 0 Å². The molecule has 0 N–H and O–H groups in total. The summed E-state index contributed by atoms with van der Waals surface area (Å²) in [6.45, 7) is 5.30. The molecule has 2 aliphatic heterocycles. The van der Waals surface area contributed by atoms with Crippen LogP contribution in [0.15, 0.2) is 29.5 Å². The van der Waals surface area contributed by atoms with E-state index < -0.39 is 17.5 Å². The van der Waals surface area contributed by atoms with E-state index in [2.05, 4.69) is 0 Å². The zero-order valence-electron chi connectivity index (χ0n) is 16.2. The molecular weight excluding hydrogens is 403 g/mol. The van der Waals surface area contributed by atoms with Crippen molar-refractivity contribution in [2.75, 3.05) is 20.1 Å². The molecule has 0 radical (unpaired) electrons. The minimum atomic E-state index is -0.660. The number of esters is 1. The van der Waals surface area contributed by atoms with Gasteiger partial charge in [0, 0.05) is 35.0 Å². The van der Waals surface area contributed by atoms with E-state index in [9.17, 15) is 14.4 Å². The van der Waals surface area contributed by atoms with Gasteiger partial charge in [-0.25, -0.2) is 0 Å². The maximum absolute atomic E-state index is 12.9. The highest BCUT2D eigenvalue weighted by molar-refractivity contribution is 6.33. The third-order valence-corrected chi connectivity index (χ3v) is 5.25. The van der Waals surface area contributed by atoms with Gasteiger partial charge < -0.3 is 14.5 Å². The van der Waals surface area contributed by atoms with E-state index in [0.29, 0.717) is 26.9 Å². The summed E-state index contributed by atoms with van der Waals surface area (Å²) >= 11 is 12.5. The van der Waals surface area contributed by atoms with Crippen molar-refractivity contribution < 1.29 is 19.1 Å². The lowest BCUT2D eigenvalue weighted by molar-refractivity contribution is -0.158. The van der Waals surface area contributed by atoms with Crippen LogP contribution in [0.4, 0.5) is 0 Å². The SMILES string of the molecule is CN1CC2=C(C1=O)C(c1cc(Cl)ccc1Cl)CC(=O)N2CC(=O)OC(C)(C)C. The predicted octanol–water partition coefficient (Wildman–Crippen LogP) is 3.38. The van der Waals surface area contributed by atoms with Gasteiger partial charge in [-0.3, -0.25) is 14.4 Å². The van der Waals surface area contributed by atoms with Crippen molar-refractivity contribution >= 4 is 41.0 Å². The summed E-state index contributed by atoms with van der Waals surface area (Å²) in [6.07, 6.45) is 0.0290. The fourth-order valence-electron chi connectivity index (χ4n) is 3.56. The van der Waals surface area contributed by atoms with Gasteiger partial charge in [-0.2, -0.15) is 0 Å². The first-order chi connectivity index (χ1) is 13.0. The molecule has 0 saturated heterocycles. The summed E-state index contributed by atoms with van der Waals surface area (Å²) in [5.74, 6) is -1.46. The van der Waals surface area contributed by atoms with Crippen LogP contribution in [0.1, 0.15) is 38.7 Å². The summed E-state index contributed by atoms with van der Waals surface area (Å²) in [5, 5.41) is 0.918. The monoisotopic (exact) mass is 424 g/mol. The second kappa shape index (κ2) is 7.41. The van der Waals surface area contributed by atoms with Crippen LogP contribution < -0.4 is 0 Å². The molecule has 1 atom stereocenters. The van der Waals surface area contributed by atoms with Gasteiger partial charge in [0.05, 0.1) is 12.2 Å². The number of hydrogen-bond acceptors (Lipinski definition) is 4. The first-order valence-electron chi connectivity index (χ1n) is 8.93. The Morgan fingerprint density at radius 2 is 1.93 bits per heavy atom. The van der Waals surface area contributed by atoms with Crippen LogP contribution in [0.5, 0.6) is 0 Å².